The van der Waals surface area contributed by atoms with Gasteiger partial charge >= 0.3 is 5.97 Å². The molecular weight excluding hydrogens is 364 g/mol. The minimum absolute atomic E-state index is 0.0946. The molecule has 2 nitrogen and oxygen atoms in total. The molecule has 1 fully saturated rings. The highest BCUT2D eigenvalue weighted by Gasteiger charge is 2.23. The van der Waals surface area contributed by atoms with Crippen molar-refractivity contribution in [1.82, 2.24) is 0 Å². The Labute approximate surface area is 168 Å². The summed E-state index contributed by atoms with van der Waals surface area (Å²) in [6, 6.07) is 20.7. The van der Waals surface area contributed by atoms with Gasteiger partial charge in [-0.2, -0.15) is 0 Å². The largest absolute Gasteiger partial charge is 0.422 e. The maximum Gasteiger partial charge on any atom is 0.343 e. The quantitative estimate of drug-likeness (QED) is 0.342. The molecule has 28 heavy (non-hydrogen) atoms. The molecule has 0 aromatic heterocycles. The zero-order valence-electron chi connectivity index (χ0n) is 15.9. The summed E-state index contributed by atoms with van der Waals surface area (Å²) in [5, 5.41) is 2.30. The second-order valence-corrected chi connectivity index (χ2v) is 10.0. The molecule has 0 atom stereocenters. The van der Waals surface area contributed by atoms with E-state index in [9.17, 15) is 4.79 Å². The fraction of sp³-hybridized carbons (Fsp3) is 0.240. The number of thiol groups is 1. The van der Waals surface area contributed by atoms with Crippen molar-refractivity contribution in [3.63, 3.8) is 0 Å². The van der Waals surface area contributed by atoms with Crippen LogP contribution in [0.2, 0.25) is 0 Å². The summed E-state index contributed by atoms with van der Waals surface area (Å²) in [6.07, 6.45) is 6.82. The van der Waals surface area contributed by atoms with Crippen LogP contribution in [0.4, 0.5) is 0 Å². The first kappa shape index (κ1) is 17.6. The van der Waals surface area contributed by atoms with E-state index in [1.807, 2.05) is 36.4 Å². The molecule has 0 bridgehead atoms. The van der Waals surface area contributed by atoms with Gasteiger partial charge in [0, 0.05) is 5.39 Å². The Kier molecular flexibility index (Phi) is 4.69. The number of rotatable bonds is 3. The third-order valence-electron chi connectivity index (χ3n) is 5.81. The number of ether oxygens (including phenoxy) is 1. The van der Waals surface area contributed by atoms with Gasteiger partial charge < -0.3 is 4.74 Å². The fourth-order valence-electron chi connectivity index (χ4n) is 4.39. The molecule has 0 spiro atoms. The van der Waals surface area contributed by atoms with E-state index in [1.54, 1.807) is 0 Å². The summed E-state index contributed by atoms with van der Waals surface area (Å²) in [6.45, 7) is 0. The average molecular weight is 389 g/mol. The smallest absolute Gasteiger partial charge is 0.343 e. The second-order valence-electron chi connectivity index (χ2n) is 7.54. The van der Waals surface area contributed by atoms with Gasteiger partial charge in [0.05, 0.1) is 5.57 Å². The predicted molar refractivity (Wildman–Crippen MR) is 119 cm³/mol. The molecule has 0 N–H and O–H groups in total. The predicted octanol–water partition coefficient (Wildman–Crippen LogP) is 5.93. The van der Waals surface area contributed by atoms with Crippen LogP contribution in [0.15, 0.2) is 71.6 Å². The van der Waals surface area contributed by atoms with Crippen LogP contribution < -0.4 is 4.74 Å². The van der Waals surface area contributed by atoms with Gasteiger partial charge in [0.1, 0.15) is 5.75 Å². The molecule has 1 aliphatic heterocycles. The fourth-order valence-corrected chi connectivity index (χ4v) is 7.12. The van der Waals surface area contributed by atoms with Gasteiger partial charge in [0.15, 0.2) is 0 Å². The Morgan fingerprint density at radius 1 is 0.821 bits per heavy atom. The van der Waals surface area contributed by atoms with E-state index in [1.165, 1.54) is 46.6 Å². The van der Waals surface area contributed by atoms with E-state index in [4.69, 9.17) is 4.74 Å². The lowest BCUT2D eigenvalue weighted by Crippen LogP contribution is -2.10. The number of carbonyl (C=O) groups is 1. The first-order valence-electron chi connectivity index (χ1n) is 10.1. The number of benzene rings is 3. The molecule has 3 aromatic carbocycles. The molecule has 0 unspecified atom stereocenters. The van der Waals surface area contributed by atoms with Crippen molar-refractivity contribution in [1.29, 1.82) is 0 Å². The van der Waals surface area contributed by atoms with E-state index < -0.39 is 0 Å². The Hall–Kier alpha value is -2.52. The maximum absolute atomic E-state index is 12.9. The highest BCUT2D eigenvalue weighted by Crippen LogP contribution is 2.46. The monoisotopic (exact) mass is 388 g/mol. The molecule has 3 heteroatoms. The van der Waals surface area contributed by atoms with Crippen LogP contribution in [-0.4, -0.2) is 17.5 Å². The summed E-state index contributed by atoms with van der Waals surface area (Å²) in [4.78, 5) is 14.4. The van der Waals surface area contributed by atoms with E-state index in [0.717, 1.165) is 17.4 Å². The lowest BCUT2D eigenvalue weighted by molar-refractivity contribution is -0.127. The van der Waals surface area contributed by atoms with Crippen molar-refractivity contribution in [2.24, 2.45) is 0 Å². The van der Waals surface area contributed by atoms with Gasteiger partial charge in [-0.1, -0.05) is 61.0 Å². The lowest BCUT2D eigenvalue weighted by atomic mass is 10.1. The number of allylic oxidation sites excluding steroid dienone is 1. The first-order chi connectivity index (χ1) is 13.8. The second kappa shape index (κ2) is 7.48. The summed E-state index contributed by atoms with van der Waals surface area (Å²) in [7, 11) is -0.0946. The van der Waals surface area contributed by atoms with Crippen LogP contribution in [0.3, 0.4) is 0 Å². The van der Waals surface area contributed by atoms with Gasteiger partial charge in [-0.25, -0.2) is 15.7 Å². The number of hydrogen-bond donors (Lipinski definition) is 1. The molecule has 5 rings (SSSR count). The standard InChI is InChI=1S/C25H24O2S/c26-25(22-13-12-18-8-2-3-9-19(18)22)27-23-14-15-24(28-16-6-1-7-17-28)21-11-5-4-10-20(21)23/h2-5,8-11,13-15,28H,1,6-7,12,16-17H2. The van der Waals surface area contributed by atoms with Gasteiger partial charge in [0.25, 0.3) is 0 Å². The molecule has 3 aromatic rings. The van der Waals surface area contributed by atoms with Gasteiger partial charge in [-0.15, -0.1) is 0 Å². The Morgan fingerprint density at radius 3 is 2.43 bits per heavy atom. The maximum atomic E-state index is 12.9. The Morgan fingerprint density at radius 2 is 1.57 bits per heavy atom. The van der Waals surface area contributed by atoms with Crippen molar-refractivity contribution in [3.8, 4) is 5.75 Å². The van der Waals surface area contributed by atoms with Gasteiger partial charge in [-0.3, -0.25) is 0 Å². The van der Waals surface area contributed by atoms with E-state index >= 15 is 0 Å². The third-order valence-corrected chi connectivity index (χ3v) is 8.60. The Bertz CT molecular complexity index is 1080. The van der Waals surface area contributed by atoms with E-state index in [2.05, 4.69) is 30.3 Å². The summed E-state index contributed by atoms with van der Waals surface area (Å²) in [5.41, 5.74) is 2.87. The number of fused-ring (bicyclic) bond motifs is 2. The molecule has 1 aliphatic carbocycles. The van der Waals surface area contributed by atoms with Crippen LogP contribution >= 0.6 is 10.9 Å². The topological polar surface area (TPSA) is 26.3 Å². The average Bonchev–Trinajstić information content (AvgIpc) is 3.19. The SMILES string of the molecule is O=C(Oc1ccc([SH]2CCCCC2)c2ccccc12)C1=CCc2ccccc21. The van der Waals surface area contributed by atoms with Crippen LogP contribution in [0, 0.1) is 0 Å². The van der Waals surface area contributed by atoms with Crippen molar-refractivity contribution < 1.29 is 9.53 Å². The van der Waals surface area contributed by atoms with Crippen molar-refractivity contribution >= 4 is 33.2 Å². The zero-order valence-corrected chi connectivity index (χ0v) is 16.8. The van der Waals surface area contributed by atoms with Crippen molar-refractivity contribution in [2.75, 3.05) is 11.5 Å². The molecule has 1 heterocycles. The zero-order chi connectivity index (χ0) is 18.9. The normalized spacial score (nSPS) is 17.3. The summed E-state index contributed by atoms with van der Waals surface area (Å²) < 4.78 is 5.91. The molecular formula is C25H24O2S. The van der Waals surface area contributed by atoms with Crippen LogP contribution in [0.25, 0.3) is 16.3 Å². The first-order valence-corrected chi connectivity index (χ1v) is 11.8. The molecule has 1 saturated heterocycles. The highest BCUT2D eigenvalue weighted by molar-refractivity contribution is 8.17. The van der Waals surface area contributed by atoms with E-state index in [-0.39, 0.29) is 16.9 Å². The molecule has 142 valence electrons. The summed E-state index contributed by atoms with van der Waals surface area (Å²) >= 11 is 0. The van der Waals surface area contributed by atoms with Gasteiger partial charge in [0.2, 0.25) is 0 Å². The van der Waals surface area contributed by atoms with Crippen LogP contribution in [0.5, 0.6) is 5.75 Å². The lowest BCUT2D eigenvalue weighted by Gasteiger charge is -2.28. The Balaban J connectivity index is 1.48. The van der Waals surface area contributed by atoms with Crippen LogP contribution in [0.1, 0.15) is 30.4 Å². The van der Waals surface area contributed by atoms with Crippen molar-refractivity contribution in [2.45, 2.75) is 30.6 Å². The molecule has 0 saturated carbocycles. The molecule has 0 radical (unpaired) electrons. The van der Waals surface area contributed by atoms with Crippen LogP contribution in [-0.2, 0) is 11.2 Å². The van der Waals surface area contributed by atoms with Gasteiger partial charge in [-0.05, 0) is 64.3 Å². The third kappa shape index (κ3) is 3.14. The molecule has 0 amide bonds. The summed E-state index contributed by atoms with van der Waals surface area (Å²) in [5.74, 6) is 3.05. The molecule has 2 aliphatic rings. The number of esters is 1. The minimum atomic E-state index is -0.258. The minimum Gasteiger partial charge on any atom is -0.422 e. The highest BCUT2D eigenvalue weighted by atomic mass is 32.2. The van der Waals surface area contributed by atoms with E-state index in [0.29, 0.717) is 11.3 Å². The van der Waals surface area contributed by atoms with Crippen molar-refractivity contribution in [3.05, 3.63) is 77.9 Å². The number of carbonyl (C=O) groups excluding carboxylic acids is 1. The number of hydrogen-bond acceptors (Lipinski definition) is 2.